The van der Waals surface area contributed by atoms with Crippen LogP contribution in [0.3, 0.4) is 0 Å². The number of carboxylic acid groups (broad SMARTS) is 1. The van der Waals surface area contributed by atoms with Gasteiger partial charge in [0.15, 0.2) is 0 Å². The smallest absolute Gasteiger partial charge is 0.345 e. The molecule has 0 aliphatic rings. The molecular weight excluding hydrogens is 240 g/mol. The molecule has 0 amide bonds. The minimum absolute atomic E-state index is 0.399. The van der Waals surface area contributed by atoms with Crippen molar-refractivity contribution in [3.63, 3.8) is 0 Å². The van der Waals surface area contributed by atoms with E-state index in [2.05, 4.69) is 12.1 Å². The van der Waals surface area contributed by atoms with E-state index in [0.717, 1.165) is 10.6 Å². The van der Waals surface area contributed by atoms with E-state index in [1.807, 2.05) is 23.6 Å². The molecule has 16 heavy (non-hydrogen) atoms. The Morgan fingerprint density at radius 2 is 2.06 bits per heavy atom. The quantitative estimate of drug-likeness (QED) is 0.840. The van der Waals surface area contributed by atoms with E-state index in [4.69, 9.17) is 5.11 Å². The van der Waals surface area contributed by atoms with E-state index in [-0.39, 0.29) is 0 Å². The fourth-order valence-electron chi connectivity index (χ4n) is 1.25. The summed E-state index contributed by atoms with van der Waals surface area (Å²) in [5.74, 6) is 0.0213. The second-order valence-electron chi connectivity index (χ2n) is 3.23. The molecule has 1 N–H and O–H groups in total. The molecule has 82 valence electrons. The molecule has 0 aliphatic carbocycles. The summed E-state index contributed by atoms with van der Waals surface area (Å²) in [6, 6.07) is 11.9. The lowest BCUT2D eigenvalue weighted by atomic mass is 10.2. The molecule has 0 saturated carbocycles. The van der Waals surface area contributed by atoms with Crippen LogP contribution in [0.2, 0.25) is 0 Å². The van der Waals surface area contributed by atoms with Gasteiger partial charge >= 0.3 is 5.97 Å². The Morgan fingerprint density at radius 3 is 2.69 bits per heavy atom. The van der Waals surface area contributed by atoms with Gasteiger partial charge in [-0.3, -0.25) is 0 Å². The second-order valence-corrected chi connectivity index (χ2v) is 5.19. The summed E-state index contributed by atoms with van der Waals surface area (Å²) in [6.45, 7) is 0. The Kier molecular flexibility index (Phi) is 3.64. The molecule has 0 unspecified atom stereocenters. The van der Waals surface area contributed by atoms with Gasteiger partial charge in [0.05, 0.1) is 0 Å². The summed E-state index contributed by atoms with van der Waals surface area (Å²) in [4.78, 5) is 12.1. The summed E-state index contributed by atoms with van der Waals surface area (Å²) >= 11 is 2.93. The molecule has 2 nitrogen and oxygen atoms in total. The van der Waals surface area contributed by atoms with Crippen LogP contribution in [0.5, 0.6) is 0 Å². The molecule has 0 fully saturated rings. The number of thiophene rings is 1. The van der Waals surface area contributed by atoms with E-state index in [9.17, 15) is 4.79 Å². The Hall–Kier alpha value is -1.26. The minimum Gasteiger partial charge on any atom is -0.477 e. The first-order valence-corrected chi connectivity index (χ1v) is 6.61. The molecule has 0 bridgehead atoms. The number of thioether (sulfide) groups is 1. The number of carboxylic acids is 1. The van der Waals surface area contributed by atoms with E-state index in [0.29, 0.717) is 4.88 Å². The first-order chi connectivity index (χ1) is 7.75. The minimum atomic E-state index is -0.850. The van der Waals surface area contributed by atoms with Crippen molar-refractivity contribution in [2.45, 2.75) is 10.6 Å². The highest BCUT2D eigenvalue weighted by Crippen LogP contribution is 2.27. The molecule has 0 aliphatic heterocycles. The van der Waals surface area contributed by atoms with Crippen LogP contribution in [0.1, 0.15) is 15.2 Å². The van der Waals surface area contributed by atoms with Gasteiger partial charge in [0.1, 0.15) is 4.88 Å². The van der Waals surface area contributed by atoms with Crippen LogP contribution in [0.15, 0.2) is 46.7 Å². The zero-order valence-electron chi connectivity index (χ0n) is 8.42. The third kappa shape index (κ3) is 2.87. The molecule has 0 atom stereocenters. The van der Waals surface area contributed by atoms with Gasteiger partial charge in [0.25, 0.3) is 0 Å². The number of rotatable bonds is 4. The Balaban J connectivity index is 1.97. The van der Waals surface area contributed by atoms with Crippen LogP contribution < -0.4 is 0 Å². The summed E-state index contributed by atoms with van der Waals surface area (Å²) in [5, 5.41) is 10.7. The first-order valence-electron chi connectivity index (χ1n) is 4.74. The van der Waals surface area contributed by atoms with Crippen LogP contribution in [0, 0.1) is 0 Å². The Bertz CT molecular complexity index is 477. The van der Waals surface area contributed by atoms with Crippen molar-refractivity contribution < 1.29 is 9.90 Å². The normalized spacial score (nSPS) is 10.2. The lowest BCUT2D eigenvalue weighted by Gasteiger charge is -1.98. The van der Waals surface area contributed by atoms with Crippen LogP contribution in [0.25, 0.3) is 0 Å². The summed E-state index contributed by atoms with van der Waals surface area (Å²) < 4.78 is 0. The number of hydrogen-bond donors (Lipinski definition) is 1. The third-order valence-electron chi connectivity index (χ3n) is 2.03. The van der Waals surface area contributed by atoms with Gasteiger partial charge in [-0.25, -0.2) is 4.79 Å². The molecule has 0 spiro atoms. The Labute approximate surface area is 102 Å². The molecule has 0 radical (unpaired) electrons. The molecule has 1 heterocycles. The van der Waals surface area contributed by atoms with E-state index in [1.54, 1.807) is 17.8 Å². The molecular formula is C12H10O2S2. The van der Waals surface area contributed by atoms with Gasteiger partial charge in [0, 0.05) is 16.0 Å². The largest absolute Gasteiger partial charge is 0.477 e. The van der Waals surface area contributed by atoms with Crippen LogP contribution in [0.4, 0.5) is 0 Å². The van der Waals surface area contributed by atoms with Gasteiger partial charge in [-0.05, 0) is 11.6 Å². The Morgan fingerprint density at radius 1 is 1.31 bits per heavy atom. The zero-order valence-corrected chi connectivity index (χ0v) is 10.1. The van der Waals surface area contributed by atoms with E-state index in [1.165, 1.54) is 16.9 Å². The van der Waals surface area contributed by atoms with Crippen molar-refractivity contribution in [1.82, 2.24) is 0 Å². The molecule has 4 heteroatoms. The van der Waals surface area contributed by atoms with Gasteiger partial charge in [0.2, 0.25) is 0 Å². The highest BCUT2D eigenvalue weighted by atomic mass is 32.2. The predicted octanol–water partition coefficient (Wildman–Crippen LogP) is 3.74. The monoisotopic (exact) mass is 250 g/mol. The first kappa shape index (κ1) is 11.2. The number of benzene rings is 1. The van der Waals surface area contributed by atoms with Crippen LogP contribution >= 0.6 is 23.1 Å². The molecule has 0 saturated heterocycles. The zero-order chi connectivity index (χ0) is 11.4. The van der Waals surface area contributed by atoms with Crippen LogP contribution in [-0.4, -0.2) is 11.1 Å². The SMILES string of the molecule is O=C(O)c1cc(SCc2ccccc2)cs1. The lowest BCUT2D eigenvalue weighted by Crippen LogP contribution is -1.89. The van der Waals surface area contributed by atoms with Crippen molar-refractivity contribution >= 4 is 29.1 Å². The fourth-order valence-corrected chi connectivity index (χ4v) is 3.07. The summed E-state index contributed by atoms with van der Waals surface area (Å²) in [5.41, 5.74) is 1.25. The van der Waals surface area contributed by atoms with Crippen molar-refractivity contribution in [3.05, 3.63) is 52.2 Å². The highest BCUT2D eigenvalue weighted by Gasteiger charge is 2.06. The third-order valence-corrected chi connectivity index (χ3v) is 4.15. The molecule has 1 aromatic heterocycles. The lowest BCUT2D eigenvalue weighted by molar-refractivity contribution is 0.0702. The molecule has 2 aromatic rings. The summed E-state index contributed by atoms with van der Waals surface area (Å²) in [6.07, 6.45) is 0. The summed E-state index contributed by atoms with van der Waals surface area (Å²) in [7, 11) is 0. The van der Waals surface area contributed by atoms with Crippen molar-refractivity contribution in [3.8, 4) is 0 Å². The standard InChI is InChI=1S/C12H10O2S2/c13-12(14)11-6-10(8-16-11)15-7-9-4-2-1-3-5-9/h1-6,8H,7H2,(H,13,14). The highest BCUT2D eigenvalue weighted by molar-refractivity contribution is 7.98. The second kappa shape index (κ2) is 5.18. The van der Waals surface area contributed by atoms with Crippen molar-refractivity contribution in [2.75, 3.05) is 0 Å². The van der Waals surface area contributed by atoms with Gasteiger partial charge in [-0.1, -0.05) is 30.3 Å². The van der Waals surface area contributed by atoms with E-state index >= 15 is 0 Å². The van der Waals surface area contributed by atoms with Gasteiger partial charge in [-0.15, -0.1) is 23.1 Å². The maximum absolute atomic E-state index is 10.7. The number of aromatic carboxylic acids is 1. The van der Waals surface area contributed by atoms with Crippen LogP contribution in [-0.2, 0) is 5.75 Å². The number of carbonyl (C=O) groups is 1. The van der Waals surface area contributed by atoms with Gasteiger partial charge in [-0.2, -0.15) is 0 Å². The van der Waals surface area contributed by atoms with Gasteiger partial charge < -0.3 is 5.11 Å². The average molecular weight is 250 g/mol. The molecule has 1 aromatic carbocycles. The number of hydrogen-bond acceptors (Lipinski definition) is 3. The predicted molar refractivity (Wildman–Crippen MR) is 67.3 cm³/mol. The maximum Gasteiger partial charge on any atom is 0.345 e. The van der Waals surface area contributed by atoms with Crippen molar-refractivity contribution in [2.24, 2.45) is 0 Å². The van der Waals surface area contributed by atoms with Crippen molar-refractivity contribution in [1.29, 1.82) is 0 Å². The fraction of sp³-hybridized carbons (Fsp3) is 0.0833. The average Bonchev–Trinajstić information content (AvgIpc) is 2.76. The van der Waals surface area contributed by atoms with E-state index < -0.39 is 5.97 Å². The maximum atomic E-state index is 10.7. The topological polar surface area (TPSA) is 37.3 Å². The molecule has 2 rings (SSSR count).